The molecule has 2 aromatic carbocycles. The minimum Gasteiger partial charge on any atom is -0.465 e. The summed E-state index contributed by atoms with van der Waals surface area (Å²) < 4.78 is 18.6. The summed E-state index contributed by atoms with van der Waals surface area (Å²) >= 11 is 0. The summed E-state index contributed by atoms with van der Waals surface area (Å²) in [6.45, 7) is 3.42. The second kappa shape index (κ2) is 7.08. The maximum atomic E-state index is 13.4. The quantitative estimate of drug-likeness (QED) is 0.635. The number of esters is 1. The Kier molecular flexibility index (Phi) is 4.70. The number of nitrogens with one attached hydrogen (secondary N) is 1. The number of nitrogens with zero attached hydrogens (tertiary/aromatic N) is 1. The SMILES string of the molecule is CCOC(=O)[C@]1(C)N[C@H](c2ccc(F)cc2)[C@H]2C(=O)N(c3ccccc3)C(=O)[C@H]21. The van der Waals surface area contributed by atoms with Crippen LogP contribution in [0.15, 0.2) is 54.6 Å². The molecule has 2 amide bonds. The van der Waals surface area contributed by atoms with E-state index in [-0.39, 0.29) is 12.5 Å². The highest BCUT2D eigenvalue weighted by molar-refractivity contribution is 6.24. The lowest BCUT2D eigenvalue weighted by atomic mass is 9.80. The van der Waals surface area contributed by atoms with Gasteiger partial charge in [0.25, 0.3) is 0 Å². The zero-order chi connectivity index (χ0) is 20.8. The molecule has 0 aromatic heterocycles. The molecule has 7 heteroatoms. The van der Waals surface area contributed by atoms with Gasteiger partial charge in [0.15, 0.2) is 0 Å². The molecule has 2 saturated heterocycles. The number of anilines is 1. The van der Waals surface area contributed by atoms with Gasteiger partial charge in [-0.3, -0.25) is 19.7 Å². The number of para-hydroxylation sites is 1. The number of hydrogen-bond donors (Lipinski definition) is 1. The predicted molar refractivity (Wildman–Crippen MR) is 103 cm³/mol. The summed E-state index contributed by atoms with van der Waals surface area (Å²) in [5, 5.41) is 3.16. The normalized spacial score (nSPS) is 28.5. The summed E-state index contributed by atoms with van der Waals surface area (Å²) in [6.07, 6.45) is 0. The van der Waals surface area contributed by atoms with E-state index < -0.39 is 41.1 Å². The van der Waals surface area contributed by atoms with Crippen LogP contribution >= 0.6 is 0 Å². The highest BCUT2D eigenvalue weighted by atomic mass is 19.1. The lowest BCUT2D eigenvalue weighted by Crippen LogP contribution is -2.54. The molecule has 4 atom stereocenters. The van der Waals surface area contributed by atoms with E-state index in [4.69, 9.17) is 4.74 Å². The molecule has 0 aliphatic carbocycles. The molecule has 2 aromatic rings. The Morgan fingerprint density at radius 1 is 1.10 bits per heavy atom. The number of halogens is 1. The van der Waals surface area contributed by atoms with Crippen LogP contribution in [0, 0.1) is 17.7 Å². The van der Waals surface area contributed by atoms with Crippen molar-refractivity contribution in [3.8, 4) is 0 Å². The topological polar surface area (TPSA) is 75.7 Å². The van der Waals surface area contributed by atoms with Crippen LogP contribution in [0.5, 0.6) is 0 Å². The van der Waals surface area contributed by atoms with Crippen LogP contribution in [-0.4, -0.2) is 29.9 Å². The Morgan fingerprint density at radius 2 is 1.76 bits per heavy atom. The van der Waals surface area contributed by atoms with E-state index >= 15 is 0 Å². The van der Waals surface area contributed by atoms with Crippen LogP contribution in [0.4, 0.5) is 10.1 Å². The first-order valence-corrected chi connectivity index (χ1v) is 9.51. The minimum atomic E-state index is -1.38. The second-order valence-corrected chi connectivity index (χ2v) is 7.45. The Balaban J connectivity index is 1.81. The van der Waals surface area contributed by atoms with Gasteiger partial charge in [-0.05, 0) is 43.7 Å². The highest BCUT2D eigenvalue weighted by Crippen LogP contribution is 2.49. The highest BCUT2D eigenvalue weighted by Gasteiger charge is 2.67. The lowest BCUT2D eigenvalue weighted by Gasteiger charge is -2.29. The standard InChI is InChI=1S/C22H21FN2O4/c1-3-29-21(28)22(2)17-16(18(24-22)13-9-11-14(23)12-10-13)19(26)25(20(17)27)15-7-5-4-6-8-15/h4-12,16-18,24H,3H2,1-2H3/t16-,17-,18+,22+/m0/s1. The van der Waals surface area contributed by atoms with Crippen LogP contribution in [-0.2, 0) is 19.1 Å². The minimum absolute atomic E-state index is 0.152. The number of fused-ring (bicyclic) bond motifs is 1. The number of hydrogen-bond acceptors (Lipinski definition) is 5. The Hall–Kier alpha value is -3.06. The van der Waals surface area contributed by atoms with E-state index in [0.717, 1.165) is 4.90 Å². The molecule has 0 spiro atoms. The van der Waals surface area contributed by atoms with Gasteiger partial charge in [-0.15, -0.1) is 0 Å². The summed E-state index contributed by atoms with van der Waals surface area (Å²) in [6, 6.07) is 13.7. The Labute approximate surface area is 167 Å². The molecule has 0 bridgehead atoms. The van der Waals surface area contributed by atoms with Crippen LogP contribution in [0.3, 0.4) is 0 Å². The van der Waals surface area contributed by atoms with Crippen molar-refractivity contribution in [1.82, 2.24) is 5.32 Å². The number of benzene rings is 2. The summed E-state index contributed by atoms with van der Waals surface area (Å²) in [4.78, 5) is 40.7. The molecular formula is C22H21FN2O4. The van der Waals surface area contributed by atoms with Gasteiger partial charge in [-0.1, -0.05) is 30.3 Å². The van der Waals surface area contributed by atoms with Gasteiger partial charge < -0.3 is 4.74 Å². The molecule has 4 rings (SSSR count). The van der Waals surface area contributed by atoms with E-state index in [1.165, 1.54) is 12.1 Å². The second-order valence-electron chi connectivity index (χ2n) is 7.45. The molecule has 0 unspecified atom stereocenters. The summed E-state index contributed by atoms with van der Waals surface area (Å²) in [5.74, 6) is -3.56. The maximum Gasteiger partial charge on any atom is 0.326 e. The van der Waals surface area contributed by atoms with Crippen LogP contribution in [0.2, 0.25) is 0 Å². The summed E-state index contributed by atoms with van der Waals surface area (Å²) in [5.41, 5.74) is -0.290. The van der Waals surface area contributed by atoms with Gasteiger partial charge in [-0.2, -0.15) is 0 Å². The number of rotatable bonds is 4. The first-order chi connectivity index (χ1) is 13.9. The fourth-order valence-electron chi connectivity index (χ4n) is 4.40. The molecule has 150 valence electrons. The molecular weight excluding hydrogens is 375 g/mol. The van der Waals surface area contributed by atoms with E-state index in [9.17, 15) is 18.8 Å². The first-order valence-electron chi connectivity index (χ1n) is 9.51. The molecule has 29 heavy (non-hydrogen) atoms. The maximum absolute atomic E-state index is 13.4. The van der Waals surface area contributed by atoms with Gasteiger partial charge in [0.2, 0.25) is 11.8 Å². The average molecular weight is 396 g/mol. The van der Waals surface area contributed by atoms with Crippen molar-refractivity contribution in [3.63, 3.8) is 0 Å². The molecule has 2 aliphatic heterocycles. The van der Waals surface area contributed by atoms with Crippen molar-refractivity contribution < 1.29 is 23.5 Å². The molecule has 2 heterocycles. The fourth-order valence-corrected chi connectivity index (χ4v) is 4.40. The monoisotopic (exact) mass is 396 g/mol. The number of imide groups is 1. The predicted octanol–water partition coefficient (Wildman–Crippen LogP) is 2.60. The number of ether oxygens (including phenoxy) is 1. The van der Waals surface area contributed by atoms with Crippen molar-refractivity contribution in [2.45, 2.75) is 25.4 Å². The molecule has 1 N–H and O–H groups in total. The number of amides is 2. The van der Waals surface area contributed by atoms with Crippen LogP contribution < -0.4 is 10.2 Å². The third kappa shape index (κ3) is 2.93. The third-order valence-electron chi connectivity index (χ3n) is 5.73. The van der Waals surface area contributed by atoms with Gasteiger partial charge in [0.1, 0.15) is 11.4 Å². The van der Waals surface area contributed by atoms with E-state index in [2.05, 4.69) is 5.32 Å². The van der Waals surface area contributed by atoms with Crippen molar-refractivity contribution in [1.29, 1.82) is 0 Å². The average Bonchev–Trinajstić information content (AvgIpc) is 3.17. The molecule has 2 fully saturated rings. The van der Waals surface area contributed by atoms with Crippen LogP contribution in [0.25, 0.3) is 0 Å². The zero-order valence-corrected chi connectivity index (χ0v) is 16.1. The van der Waals surface area contributed by atoms with Crippen molar-refractivity contribution in [2.24, 2.45) is 11.8 Å². The molecule has 0 radical (unpaired) electrons. The van der Waals surface area contributed by atoms with Gasteiger partial charge in [0, 0.05) is 6.04 Å². The number of carbonyl (C=O) groups excluding carboxylic acids is 3. The Bertz CT molecular complexity index is 963. The first kappa shape index (κ1) is 19.3. The smallest absolute Gasteiger partial charge is 0.326 e. The van der Waals surface area contributed by atoms with Gasteiger partial charge in [-0.25, -0.2) is 9.29 Å². The van der Waals surface area contributed by atoms with Gasteiger partial charge >= 0.3 is 5.97 Å². The zero-order valence-electron chi connectivity index (χ0n) is 16.1. The van der Waals surface area contributed by atoms with Crippen molar-refractivity contribution in [2.75, 3.05) is 11.5 Å². The Morgan fingerprint density at radius 3 is 2.38 bits per heavy atom. The largest absolute Gasteiger partial charge is 0.465 e. The van der Waals surface area contributed by atoms with E-state index in [1.54, 1.807) is 56.3 Å². The molecule has 6 nitrogen and oxygen atoms in total. The van der Waals surface area contributed by atoms with E-state index in [0.29, 0.717) is 11.3 Å². The molecule has 0 saturated carbocycles. The lowest BCUT2D eigenvalue weighted by molar-refractivity contribution is -0.153. The van der Waals surface area contributed by atoms with Crippen molar-refractivity contribution in [3.05, 3.63) is 66.0 Å². The van der Waals surface area contributed by atoms with Crippen LogP contribution in [0.1, 0.15) is 25.5 Å². The van der Waals surface area contributed by atoms with Gasteiger partial charge in [0.05, 0.1) is 24.1 Å². The summed E-state index contributed by atoms with van der Waals surface area (Å²) in [7, 11) is 0. The third-order valence-corrected chi connectivity index (χ3v) is 5.73. The molecule has 2 aliphatic rings. The fraction of sp³-hybridized carbons (Fsp3) is 0.318. The number of carbonyl (C=O) groups is 3. The van der Waals surface area contributed by atoms with Crippen molar-refractivity contribution >= 4 is 23.5 Å². The van der Waals surface area contributed by atoms with E-state index in [1.807, 2.05) is 0 Å².